The standard InChI is InChI=1S/C12H18N4O4/c1-16(9-10(19)13-11(20)15-14-9)12(7-8(17)18)5-3-2-4-6-12/h2-7H2,1H3,(H,17,18)(H2,13,15,19,20). The lowest BCUT2D eigenvalue weighted by Gasteiger charge is -2.43. The first-order chi connectivity index (χ1) is 9.44. The van der Waals surface area contributed by atoms with Crippen molar-refractivity contribution in [3.05, 3.63) is 20.8 Å². The van der Waals surface area contributed by atoms with Gasteiger partial charge in [0.05, 0.1) is 12.0 Å². The molecule has 1 aliphatic rings. The Labute approximate surface area is 114 Å². The van der Waals surface area contributed by atoms with Gasteiger partial charge in [-0.05, 0) is 12.8 Å². The Hall–Kier alpha value is -2.12. The number of aliphatic carboxylic acids is 1. The zero-order chi connectivity index (χ0) is 14.8. The highest BCUT2D eigenvalue weighted by molar-refractivity contribution is 5.69. The summed E-state index contributed by atoms with van der Waals surface area (Å²) in [5.74, 6) is -0.854. The molecule has 1 heterocycles. The number of aromatic nitrogens is 3. The molecule has 0 spiro atoms. The summed E-state index contributed by atoms with van der Waals surface area (Å²) < 4.78 is 0. The van der Waals surface area contributed by atoms with Crippen LogP contribution < -0.4 is 16.1 Å². The van der Waals surface area contributed by atoms with Gasteiger partial charge in [0.15, 0.2) is 0 Å². The summed E-state index contributed by atoms with van der Waals surface area (Å²) in [4.78, 5) is 37.7. The maximum atomic E-state index is 11.8. The predicted molar refractivity (Wildman–Crippen MR) is 72.0 cm³/mol. The van der Waals surface area contributed by atoms with Gasteiger partial charge < -0.3 is 10.0 Å². The molecule has 0 unspecified atom stereocenters. The van der Waals surface area contributed by atoms with E-state index >= 15 is 0 Å². The number of carboxylic acids is 1. The predicted octanol–water partition coefficient (Wildman–Crippen LogP) is 0.0720. The molecule has 0 bridgehead atoms. The van der Waals surface area contributed by atoms with Gasteiger partial charge in [-0.25, -0.2) is 9.89 Å². The average Bonchev–Trinajstić information content (AvgIpc) is 2.38. The molecule has 0 radical (unpaired) electrons. The van der Waals surface area contributed by atoms with Crippen molar-refractivity contribution in [2.45, 2.75) is 44.1 Å². The fourth-order valence-electron chi connectivity index (χ4n) is 2.92. The van der Waals surface area contributed by atoms with Crippen LogP contribution in [0.5, 0.6) is 0 Å². The van der Waals surface area contributed by atoms with E-state index in [9.17, 15) is 14.4 Å². The average molecular weight is 282 g/mol. The van der Waals surface area contributed by atoms with Crippen molar-refractivity contribution in [1.82, 2.24) is 15.2 Å². The lowest BCUT2D eigenvalue weighted by Crippen LogP contribution is -2.52. The molecule has 0 aromatic carbocycles. The Morgan fingerprint density at radius 1 is 1.35 bits per heavy atom. The quantitative estimate of drug-likeness (QED) is 0.719. The molecule has 0 saturated heterocycles. The van der Waals surface area contributed by atoms with Gasteiger partial charge in [-0.2, -0.15) is 0 Å². The molecule has 0 aliphatic heterocycles. The minimum Gasteiger partial charge on any atom is -0.481 e. The second-order valence-corrected chi connectivity index (χ2v) is 5.24. The van der Waals surface area contributed by atoms with Crippen LogP contribution in [0.3, 0.4) is 0 Å². The number of hydrogen-bond acceptors (Lipinski definition) is 5. The summed E-state index contributed by atoms with van der Waals surface area (Å²) in [6.07, 6.45) is 4.22. The Kier molecular flexibility index (Phi) is 3.91. The molecule has 2 rings (SSSR count). The highest BCUT2D eigenvalue weighted by atomic mass is 16.4. The lowest BCUT2D eigenvalue weighted by molar-refractivity contribution is -0.138. The van der Waals surface area contributed by atoms with E-state index in [0.717, 1.165) is 19.3 Å². The van der Waals surface area contributed by atoms with E-state index in [-0.39, 0.29) is 12.2 Å². The molecule has 0 amide bonds. The Morgan fingerprint density at radius 3 is 2.55 bits per heavy atom. The highest BCUT2D eigenvalue weighted by Gasteiger charge is 2.39. The normalized spacial score (nSPS) is 17.6. The number of carbonyl (C=O) groups is 1. The maximum absolute atomic E-state index is 11.8. The van der Waals surface area contributed by atoms with Crippen LogP contribution in [-0.4, -0.2) is 38.8 Å². The number of carboxylic acid groups (broad SMARTS) is 1. The van der Waals surface area contributed by atoms with Crippen molar-refractivity contribution >= 4 is 11.8 Å². The fraction of sp³-hybridized carbons (Fsp3) is 0.667. The van der Waals surface area contributed by atoms with E-state index in [4.69, 9.17) is 5.11 Å². The van der Waals surface area contributed by atoms with Crippen LogP contribution in [0.1, 0.15) is 38.5 Å². The third-order valence-corrected chi connectivity index (χ3v) is 3.99. The number of anilines is 1. The van der Waals surface area contributed by atoms with Crippen molar-refractivity contribution in [2.75, 3.05) is 11.9 Å². The van der Waals surface area contributed by atoms with Crippen molar-refractivity contribution in [3.8, 4) is 0 Å². The van der Waals surface area contributed by atoms with Crippen LogP contribution in [0.25, 0.3) is 0 Å². The highest BCUT2D eigenvalue weighted by Crippen LogP contribution is 2.36. The molecule has 8 nitrogen and oxygen atoms in total. The molecule has 20 heavy (non-hydrogen) atoms. The third-order valence-electron chi connectivity index (χ3n) is 3.99. The second-order valence-electron chi connectivity index (χ2n) is 5.24. The van der Waals surface area contributed by atoms with E-state index < -0.39 is 22.8 Å². The summed E-state index contributed by atoms with van der Waals surface area (Å²) in [5.41, 5.74) is -1.91. The molecule has 1 aliphatic carbocycles. The number of rotatable bonds is 4. The molecule has 1 saturated carbocycles. The van der Waals surface area contributed by atoms with E-state index in [2.05, 4.69) is 15.2 Å². The van der Waals surface area contributed by atoms with Gasteiger partial charge in [-0.15, -0.1) is 5.10 Å². The van der Waals surface area contributed by atoms with E-state index in [1.165, 1.54) is 0 Å². The first-order valence-electron chi connectivity index (χ1n) is 6.59. The van der Waals surface area contributed by atoms with Crippen LogP contribution in [0.4, 0.5) is 5.82 Å². The third kappa shape index (κ3) is 2.73. The van der Waals surface area contributed by atoms with Crippen LogP contribution in [0.2, 0.25) is 0 Å². The van der Waals surface area contributed by atoms with Crippen molar-refractivity contribution in [1.29, 1.82) is 0 Å². The minimum absolute atomic E-state index is 0.0488. The number of aromatic amines is 2. The number of H-pyrrole nitrogens is 2. The second kappa shape index (κ2) is 5.48. The summed E-state index contributed by atoms with van der Waals surface area (Å²) in [7, 11) is 1.66. The first-order valence-corrected chi connectivity index (χ1v) is 6.59. The van der Waals surface area contributed by atoms with Gasteiger partial charge in [-0.3, -0.25) is 14.6 Å². The summed E-state index contributed by atoms with van der Waals surface area (Å²) in [6.45, 7) is 0. The minimum atomic E-state index is -0.903. The molecule has 110 valence electrons. The molecule has 8 heteroatoms. The van der Waals surface area contributed by atoms with Crippen LogP contribution in [-0.2, 0) is 4.79 Å². The van der Waals surface area contributed by atoms with E-state index in [1.807, 2.05) is 0 Å². The Balaban J connectivity index is 2.39. The van der Waals surface area contributed by atoms with Crippen LogP contribution >= 0.6 is 0 Å². The zero-order valence-corrected chi connectivity index (χ0v) is 11.3. The largest absolute Gasteiger partial charge is 0.481 e. The van der Waals surface area contributed by atoms with Crippen LogP contribution in [0, 0.1) is 0 Å². The number of nitrogens with zero attached hydrogens (tertiary/aromatic N) is 2. The Morgan fingerprint density at radius 2 is 2.00 bits per heavy atom. The molecule has 1 aromatic heterocycles. The molecular weight excluding hydrogens is 264 g/mol. The molecule has 3 N–H and O–H groups in total. The van der Waals surface area contributed by atoms with Gasteiger partial charge in [-0.1, -0.05) is 19.3 Å². The van der Waals surface area contributed by atoms with Gasteiger partial charge in [0.25, 0.3) is 5.56 Å². The first kappa shape index (κ1) is 14.3. The number of nitrogens with one attached hydrogen (secondary N) is 2. The fourth-order valence-corrected chi connectivity index (χ4v) is 2.92. The van der Waals surface area contributed by atoms with Gasteiger partial charge in [0.2, 0.25) is 5.82 Å². The SMILES string of the molecule is CN(c1n[nH]c(=O)[nH]c1=O)C1(CC(=O)O)CCCCC1. The van der Waals surface area contributed by atoms with E-state index in [0.29, 0.717) is 12.8 Å². The van der Waals surface area contributed by atoms with Gasteiger partial charge in [0, 0.05) is 7.05 Å². The number of hydrogen-bond donors (Lipinski definition) is 3. The smallest absolute Gasteiger partial charge is 0.342 e. The topological polar surface area (TPSA) is 119 Å². The summed E-state index contributed by atoms with van der Waals surface area (Å²) >= 11 is 0. The molecule has 0 atom stereocenters. The zero-order valence-electron chi connectivity index (χ0n) is 11.3. The van der Waals surface area contributed by atoms with E-state index in [1.54, 1.807) is 11.9 Å². The van der Waals surface area contributed by atoms with Crippen molar-refractivity contribution in [3.63, 3.8) is 0 Å². The maximum Gasteiger partial charge on any atom is 0.342 e. The van der Waals surface area contributed by atoms with Crippen molar-refractivity contribution in [2.24, 2.45) is 0 Å². The van der Waals surface area contributed by atoms with Gasteiger partial charge in [0.1, 0.15) is 0 Å². The monoisotopic (exact) mass is 282 g/mol. The van der Waals surface area contributed by atoms with Crippen molar-refractivity contribution < 1.29 is 9.90 Å². The lowest BCUT2D eigenvalue weighted by atomic mass is 9.78. The Bertz CT molecular complexity index is 600. The molecule has 1 aromatic rings. The summed E-state index contributed by atoms with van der Waals surface area (Å²) in [6, 6.07) is 0. The molecular formula is C12H18N4O4. The van der Waals surface area contributed by atoms with Gasteiger partial charge >= 0.3 is 11.7 Å². The van der Waals surface area contributed by atoms with Crippen LogP contribution in [0.15, 0.2) is 9.59 Å². The molecule has 1 fully saturated rings. The summed E-state index contributed by atoms with van der Waals surface area (Å²) in [5, 5.41) is 15.1.